The van der Waals surface area contributed by atoms with E-state index < -0.39 is 144 Å². The molecule has 1 saturated heterocycles. The molecule has 38 N–H and O–H groups in total. The molecule has 0 saturated carbocycles. The van der Waals surface area contributed by atoms with E-state index in [-0.39, 0.29) is 178 Å². The molecule has 0 aromatic heterocycles. The third kappa shape index (κ3) is 35.9. The number of carbonyl (C=O) groups is 11. The van der Waals surface area contributed by atoms with Crippen molar-refractivity contribution in [2.75, 3.05) is 59.0 Å². The lowest BCUT2D eigenvalue weighted by molar-refractivity contribution is -0.143. The van der Waals surface area contributed by atoms with Crippen LogP contribution in [0.2, 0.25) is 0 Å². The molecule has 42 heteroatoms. The van der Waals surface area contributed by atoms with E-state index in [1.165, 1.54) is 18.7 Å². The lowest BCUT2D eigenvalue weighted by Gasteiger charge is -2.29. The van der Waals surface area contributed by atoms with E-state index in [1.54, 1.807) is 0 Å². The van der Waals surface area contributed by atoms with Crippen LogP contribution in [0.25, 0.3) is 0 Å². The second-order valence-corrected chi connectivity index (χ2v) is 23.5. The van der Waals surface area contributed by atoms with Gasteiger partial charge in [-0.15, -0.1) is 0 Å². The fourth-order valence-electron chi connectivity index (χ4n) is 9.85. The van der Waals surface area contributed by atoms with Gasteiger partial charge in [0.2, 0.25) is 59.1 Å². The number of aliphatic carboxylic acids is 1. The summed E-state index contributed by atoms with van der Waals surface area (Å²) < 4.78 is 0. The number of aliphatic imine (C=N–C) groups is 5. The smallest absolute Gasteiger partial charge is 0.328 e. The number of likely N-dealkylation sites (tertiary alicyclic amines) is 1. The van der Waals surface area contributed by atoms with Crippen LogP contribution in [-0.4, -0.2) is 247 Å². The Balaban J connectivity index is 3.80. The van der Waals surface area contributed by atoms with E-state index in [1.807, 2.05) is 0 Å². The zero-order chi connectivity index (χ0) is 74.7. The number of amides is 10. The molecule has 1 aliphatic heterocycles. The molecule has 1 fully saturated rings. The van der Waals surface area contributed by atoms with Crippen LogP contribution in [0, 0.1) is 0 Å². The Morgan fingerprint density at radius 2 is 0.687 bits per heavy atom. The van der Waals surface area contributed by atoms with Crippen LogP contribution in [0.5, 0.6) is 0 Å². The molecular weight excluding hydrogens is 1300 g/mol. The number of nitrogens with two attached hydrogens (primary N) is 13. The number of nitrogens with one attached hydrogen (secondary N) is 9. The van der Waals surface area contributed by atoms with Gasteiger partial charge in [-0.1, -0.05) is 0 Å². The number of hydrogen-bond donors (Lipinski definition) is 25. The first kappa shape index (κ1) is 87.3. The molecule has 0 aliphatic carbocycles. The molecule has 99 heavy (non-hydrogen) atoms. The molecule has 562 valence electrons. The lowest BCUT2D eigenvalue weighted by Crippen LogP contribution is -2.60. The lowest BCUT2D eigenvalue weighted by atomic mass is 10.0. The average molecular weight is 1410 g/mol. The molecule has 1 heterocycles. The fourth-order valence-corrected chi connectivity index (χ4v) is 9.85. The zero-order valence-electron chi connectivity index (χ0n) is 56.5. The summed E-state index contributed by atoms with van der Waals surface area (Å²) in [5.74, 6) is -11.7. The minimum atomic E-state index is -1.74. The second kappa shape index (κ2) is 48.1. The zero-order valence-corrected chi connectivity index (χ0v) is 56.5. The molecule has 0 bridgehead atoms. The highest BCUT2D eigenvalue weighted by Gasteiger charge is 2.40. The number of unbranched alkanes of at least 4 members (excludes halogenated alkanes) is 2. The number of hydrogen-bond acceptors (Lipinski definition) is 21. The Morgan fingerprint density at radius 3 is 0.960 bits per heavy atom. The Morgan fingerprint density at radius 1 is 0.414 bits per heavy atom. The number of nitrogens with zero attached hydrogens (tertiary/aromatic N) is 6. The largest absolute Gasteiger partial charge is 0.480 e. The van der Waals surface area contributed by atoms with Crippen LogP contribution >= 0.6 is 0 Å². The summed E-state index contributed by atoms with van der Waals surface area (Å²) in [5, 5.41) is 52.2. The Kier molecular flexibility index (Phi) is 42.4. The van der Waals surface area contributed by atoms with Crippen molar-refractivity contribution in [1.82, 2.24) is 52.8 Å². The summed E-state index contributed by atoms with van der Waals surface area (Å²) in [7, 11) is 0. The highest BCUT2D eigenvalue weighted by Crippen LogP contribution is 2.20. The topological polar surface area (TPSA) is 760 Å². The van der Waals surface area contributed by atoms with Crippen molar-refractivity contribution in [3.63, 3.8) is 0 Å². The van der Waals surface area contributed by atoms with Crippen LogP contribution in [-0.2, 0) is 52.7 Å². The molecule has 1 aliphatic rings. The van der Waals surface area contributed by atoms with E-state index >= 15 is 0 Å². The van der Waals surface area contributed by atoms with Crippen LogP contribution in [0.1, 0.15) is 129 Å². The summed E-state index contributed by atoms with van der Waals surface area (Å²) >= 11 is 0. The third-order valence-electron chi connectivity index (χ3n) is 15.2. The normalized spacial score (nSPS) is 15.8. The van der Waals surface area contributed by atoms with Crippen molar-refractivity contribution in [3.8, 4) is 0 Å². The van der Waals surface area contributed by atoms with Crippen molar-refractivity contribution < 1.29 is 68.1 Å². The van der Waals surface area contributed by atoms with Gasteiger partial charge in [-0.25, -0.2) is 4.79 Å². The molecule has 0 aromatic carbocycles. The van der Waals surface area contributed by atoms with Gasteiger partial charge in [0.25, 0.3) is 0 Å². The molecule has 0 aromatic rings. The monoisotopic (exact) mass is 1410 g/mol. The van der Waals surface area contributed by atoms with Crippen molar-refractivity contribution in [2.45, 2.75) is 202 Å². The van der Waals surface area contributed by atoms with Crippen molar-refractivity contribution in [3.05, 3.63) is 0 Å². The number of aliphatic hydroxyl groups excluding tert-OH is 2. The van der Waals surface area contributed by atoms with Crippen molar-refractivity contribution >= 4 is 94.8 Å². The van der Waals surface area contributed by atoms with Gasteiger partial charge < -0.3 is 143 Å². The standard InChI is InChI=1S/C57H110N28O14/c1-30(76-43(89)34(15-7-23-71-53(61)62)83-50(96)40-20-12-28-85(40)51(97)41(60)31(2)87)42(88)77-35(16-8-24-72-54(63)64)46(92)80-37(18-10-26-74-56(67)68)48(94)81-36(17-9-25-73-55(65)66)47(93)79-32(13-3-5-21-58)44(90)78-33(14-4-6-22-59)45(91)82-38(19-11-27-75-57(69)70)49(95)84-39(29-86)52(98)99/h30-41,86-87H,3-29,58-60H2,1-2H3,(H,76,89)(H,77,88)(H,78,90)(H,79,93)(H,80,92)(H,81,94)(H,82,91)(H,83,96)(H,84,95)(H,98,99)(H4,61,62,71)(H4,63,64,72)(H4,65,66,73)(H4,67,68,74)(H4,69,70,75)/t30-,31+,32-,33-,34-,35-,36-,37-,38-,39-,40-,41-/m0/s1. The SMILES string of the molecule is C[C@H](NC(=O)[C@H](CCCN=C(N)N)NC(=O)[C@@H]1CCCN1C(=O)[C@@H](N)[C@@H](C)O)C(=O)N[C@@H](CCCN=C(N)N)C(=O)N[C@@H](CCCN=C(N)N)C(=O)N[C@@H](CCCN=C(N)N)C(=O)N[C@@H](CCCCN)C(=O)N[C@@H](CCCCN)C(=O)N[C@@H](CCCN=C(N)N)C(=O)N[C@@H](CO)C(=O)O. The van der Waals surface area contributed by atoms with Gasteiger partial charge in [-0.05, 0) is 143 Å². The number of carboxylic acid groups (broad SMARTS) is 1. The molecular formula is C57H110N28O14. The maximum absolute atomic E-state index is 14.7. The van der Waals surface area contributed by atoms with Crippen molar-refractivity contribution in [1.29, 1.82) is 0 Å². The number of aliphatic hydroxyl groups is 2. The van der Waals surface area contributed by atoms with Gasteiger partial charge in [0, 0.05) is 39.3 Å². The van der Waals surface area contributed by atoms with Crippen molar-refractivity contribution in [2.24, 2.45) is 99.5 Å². The maximum atomic E-state index is 14.7. The van der Waals surface area contributed by atoms with E-state index in [0.717, 1.165) is 0 Å². The molecule has 0 radical (unpaired) electrons. The molecule has 1 rings (SSSR count). The third-order valence-corrected chi connectivity index (χ3v) is 15.2. The van der Waals surface area contributed by atoms with E-state index in [4.69, 9.17) is 74.5 Å². The van der Waals surface area contributed by atoms with Gasteiger partial charge in [0.15, 0.2) is 29.8 Å². The van der Waals surface area contributed by atoms with Crippen LogP contribution in [0.3, 0.4) is 0 Å². The van der Waals surface area contributed by atoms with E-state index in [0.29, 0.717) is 19.3 Å². The molecule has 0 spiro atoms. The molecule has 12 atom stereocenters. The summed E-state index contributed by atoms with van der Waals surface area (Å²) in [6.07, 6.45) is 0.144. The second-order valence-electron chi connectivity index (χ2n) is 23.5. The maximum Gasteiger partial charge on any atom is 0.328 e. The van der Waals surface area contributed by atoms with E-state index in [9.17, 15) is 68.1 Å². The Hall–Kier alpha value is -9.68. The quantitative estimate of drug-likeness (QED) is 0.0153. The minimum absolute atomic E-state index is 0.0000191. The molecule has 0 unspecified atom stereocenters. The summed E-state index contributed by atoms with van der Waals surface area (Å²) in [6, 6.07) is -15.7. The van der Waals surface area contributed by atoms with Gasteiger partial charge in [-0.3, -0.25) is 72.9 Å². The van der Waals surface area contributed by atoms with Crippen LogP contribution < -0.4 is 122 Å². The van der Waals surface area contributed by atoms with Gasteiger partial charge in [-0.2, -0.15) is 0 Å². The van der Waals surface area contributed by atoms with Gasteiger partial charge in [0.1, 0.15) is 66.5 Å². The highest BCUT2D eigenvalue weighted by molar-refractivity contribution is 5.99. The first-order chi connectivity index (χ1) is 46.8. The first-order valence-electron chi connectivity index (χ1n) is 32.8. The number of guanidine groups is 5. The van der Waals surface area contributed by atoms with Crippen LogP contribution in [0.4, 0.5) is 0 Å². The summed E-state index contributed by atoms with van der Waals surface area (Å²) in [5.41, 5.74) is 72.8. The number of rotatable bonds is 50. The van der Waals surface area contributed by atoms with Gasteiger partial charge >= 0.3 is 5.97 Å². The molecule has 42 nitrogen and oxygen atoms in total. The molecule has 10 amide bonds. The van der Waals surface area contributed by atoms with Crippen LogP contribution in [0.15, 0.2) is 25.0 Å². The van der Waals surface area contributed by atoms with E-state index in [2.05, 4.69) is 72.8 Å². The average Bonchev–Trinajstić information content (AvgIpc) is 1.83. The number of carbonyl (C=O) groups excluding carboxylic acids is 10. The minimum Gasteiger partial charge on any atom is -0.480 e. The Bertz CT molecular complexity index is 2750. The first-order valence-corrected chi connectivity index (χ1v) is 32.8. The summed E-state index contributed by atoms with van der Waals surface area (Å²) in [4.78, 5) is 174. The van der Waals surface area contributed by atoms with Gasteiger partial charge in [0.05, 0.1) is 12.7 Å². The fraction of sp³-hybridized carbons (Fsp3) is 0.719. The predicted octanol–water partition coefficient (Wildman–Crippen LogP) is -11.3. The Labute approximate surface area is 574 Å². The summed E-state index contributed by atoms with van der Waals surface area (Å²) in [6.45, 7) is 2.04. The highest BCUT2D eigenvalue weighted by atomic mass is 16.4. The number of carboxylic acids is 1. The predicted molar refractivity (Wildman–Crippen MR) is 368 cm³/mol.